The van der Waals surface area contributed by atoms with Crippen molar-refractivity contribution < 1.29 is 5.32 Å². The Morgan fingerprint density at radius 2 is 1.96 bits per heavy atom. The summed E-state index contributed by atoms with van der Waals surface area (Å²) in [5.74, 6) is 0.738. The van der Waals surface area contributed by atoms with Gasteiger partial charge in [-0.25, -0.2) is 4.98 Å². The van der Waals surface area contributed by atoms with Gasteiger partial charge in [-0.05, 0) is 49.7 Å². The van der Waals surface area contributed by atoms with Crippen molar-refractivity contribution in [3.05, 3.63) is 69.2 Å². The zero-order chi connectivity index (χ0) is 16.6. The minimum atomic E-state index is -0.0512. The zero-order valence-electron chi connectivity index (χ0n) is 13.4. The van der Waals surface area contributed by atoms with Gasteiger partial charge in [0.05, 0.1) is 23.6 Å². The Kier molecular flexibility index (Phi) is 4.20. The number of hydrogen-bond acceptors (Lipinski definition) is 2. The number of quaternary nitrogens is 1. The van der Waals surface area contributed by atoms with Gasteiger partial charge < -0.3 is 5.32 Å². The van der Waals surface area contributed by atoms with Crippen molar-refractivity contribution >= 4 is 22.5 Å². The van der Waals surface area contributed by atoms with Crippen LogP contribution in [-0.2, 0) is 0 Å². The molecule has 0 saturated heterocycles. The Balaban J connectivity index is 2.42. The van der Waals surface area contributed by atoms with Crippen molar-refractivity contribution in [3.63, 3.8) is 0 Å². The lowest BCUT2D eigenvalue weighted by atomic mass is 10.1. The molecule has 0 bridgehead atoms. The van der Waals surface area contributed by atoms with Gasteiger partial charge in [0.15, 0.2) is 5.82 Å². The molecule has 0 aliphatic carbocycles. The van der Waals surface area contributed by atoms with E-state index in [2.05, 4.69) is 0 Å². The first-order valence-electron chi connectivity index (χ1n) is 7.60. The first-order valence-corrected chi connectivity index (χ1v) is 7.98. The minimum Gasteiger partial charge on any atom is -0.340 e. The van der Waals surface area contributed by atoms with Gasteiger partial charge in [-0.2, -0.15) is 0 Å². The molecule has 3 aromatic rings. The molecule has 3 rings (SSSR count). The normalized spacial score (nSPS) is 12.5. The monoisotopic (exact) mass is 328 g/mol. The summed E-state index contributed by atoms with van der Waals surface area (Å²) in [6, 6.07) is 13.1. The van der Waals surface area contributed by atoms with Crippen LogP contribution in [0.3, 0.4) is 0 Å². The SMILES string of the molecule is C[NH2+][C@H](C)c1nc2ccccc2c(=O)n1-c1ccc(Cl)cc1C. The highest BCUT2D eigenvalue weighted by atomic mass is 35.5. The van der Waals surface area contributed by atoms with Gasteiger partial charge in [0.25, 0.3) is 5.56 Å². The summed E-state index contributed by atoms with van der Waals surface area (Å²) < 4.78 is 1.71. The number of halogens is 1. The molecule has 0 saturated carbocycles. The fourth-order valence-corrected chi connectivity index (χ4v) is 2.93. The smallest absolute Gasteiger partial charge is 0.266 e. The molecule has 5 heteroatoms. The maximum Gasteiger partial charge on any atom is 0.266 e. The van der Waals surface area contributed by atoms with E-state index in [9.17, 15) is 4.79 Å². The Morgan fingerprint density at radius 3 is 2.65 bits per heavy atom. The molecule has 0 radical (unpaired) electrons. The van der Waals surface area contributed by atoms with Crippen molar-refractivity contribution in [2.24, 2.45) is 0 Å². The fraction of sp³-hybridized carbons (Fsp3) is 0.222. The van der Waals surface area contributed by atoms with Gasteiger partial charge in [0.1, 0.15) is 6.04 Å². The number of nitrogens with zero attached hydrogens (tertiary/aromatic N) is 2. The van der Waals surface area contributed by atoms with Gasteiger partial charge in [-0.15, -0.1) is 0 Å². The van der Waals surface area contributed by atoms with E-state index in [1.165, 1.54) is 0 Å². The molecule has 0 aliphatic heterocycles. The van der Waals surface area contributed by atoms with Crippen LogP contribution in [0.15, 0.2) is 47.3 Å². The molecular weight excluding hydrogens is 310 g/mol. The lowest BCUT2D eigenvalue weighted by Gasteiger charge is -2.18. The Labute approximate surface area is 139 Å². The van der Waals surface area contributed by atoms with Crippen molar-refractivity contribution in [1.29, 1.82) is 0 Å². The number of fused-ring (bicyclic) bond motifs is 1. The summed E-state index contributed by atoms with van der Waals surface area (Å²) in [5.41, 5.74) is 2.44. The Hall–Kier alpha value is -2.17. The summed E-state index contributed by atoms with van der Waals surface area (Å²) in [6.07, 6.45) is 0. The average molecular weight is 329 g/mol. The number of nitrogens with two attached hydrogens (primary N) is 1. The predicted octanol–water partition coefficient (Wildman–Crippen LogP) is 2.60. The van der Waals surface area contributed by atoms with E-state index in [4.69, 9.17) is 16.6 Å². The molecule has 4 nitrogen and oxygen atoms in total. The molecule has 118 valence electrons. The standard InChI is InChI=1S/C18H18ClN3O/c1-11-10-13(19)8-9-16(11)22-17(12(2)20-3)21-15-7-5-4-6-14(15)18(22)23/h4-10,12,20H,1-3H3/p+1/t12-/m1/s1. The molecule has 23 heavy (non-hydrogen) atoms. The number of aromatic nitrogens is 2. The van der Waals surface area contributed by atoms with Crippen LogP contribution in [0.4, 0.5) is 0 Å². The van der Waals surface area contributed by atoms with E-state index in [1.807, 2.05) is 62.6 Å². The first-order chi connectivity index (χ1) is 11.0. The summed E-state index contributed by atoms with van der Waals surface area (Å²) in [7, 11) is 1.98. The number of rotatable bonds is 3. The Morgan fingerprint density at radius 1 is 1.22 bits per heavy atom. The summed E-state index contributed by atoms with van der Waals surface area (Å²) in [4.78, 5) is 17.8. The van der Waals surface area contributed by atoms with Crippen LogP contribution in [0.5, 0.6) is 0 Å². The van der Waals surface area contributed by atoms with Crippen LogP contribution in [-0.4, -0.2) is 16.6 Å². The maximum atomic E-state index is 13.1. The Bertz CT molecular complexity index is 933. The highest BCUT2D eigenvalue weighted by Crippen LogP contribution is 2.21. The molecule has 1 aromatic heterocycles. The molecular formula is C18H19ClN3O+. The zero-order valence-corrected chi connectivity index (χ0v) is 14.1. The van der Waals surface area contributed by atoms with E-state index >= 15 is 0 Å². The maximum absolute atomic E-state index is 13.1. The summed E-state index contributed by atoms with van der Waals surface area (Å²) >= 11 is 6.06. The highest BCUT2D eigenvalue weighted by molar-refractivity contribution is 6.30. The molecule has 1 heterocycles. The van der Waals surface area contributed by atoms with E-state index in [0.29, 0.717) is 10.4 Å². The van der Waals surface area contributed by atoms with Crippen LogP contribution >= 0.6 is 11.6 Å². The van der Waals surface area contributed by atoms with Crippen LogP contribution in [0.1, 0.15) is 24.4 Å². The van der Waals surface area contributed by atoms with Crippen molar-refractivity contribution in [3.8, 4) is 5.69 Å². The molecule has 0 unspecified atom stereocenters. The number of hydrogen-bond donors (Lipinski definition) is 1. The summed E-state index contributed by atoms with van der Waals surface area (Å²) in [5, 5.41) is 3.32. The van der Waals surface area contributed by atoms with Crippen LogP contribution in [0.2, 0.25) is 5.02 Å². The van der Waals surface area contributed by atoms with Gasteiger partial charge in [-0.1, -0.05) is 23.7 Å². The largest absolute Gasteiger partial charge is 0.340 e. The number of aryl methyl sites for hydroxylation is 1. The molecule has 0 spiro atoms. The lowest BCUT2D eigenvalue weighted by Crippen LogP contribution is -2.80. The quantitative estimate of drug-likeness (QED) is 0.803. The van der Waals surface area contributed by atoms with Gasteiger partial charge in [0, 0.05) is 5.02 Å². The van der Waals surface area contributed by atoms with Gasteiger partial charge >= 0.3 is 0 Å². The lowest BCUT2D eigenvalue weighted by molar-refractivity contribution is -0.668. The van der Waals surface area contributed by atoms with E-state index < -0.39 is 0 Å². The topological polar surface area (TPSA) is 51.5 Å². The van der Waals surface area contributed by atoms with Gasteiger partial charge in [0.2, 0.25) is 0 Å². The van der Waals surface area contributed by atoms with Crippen molar-refractivity contribution in [2.45, 2.75) is 19.9 Å². The molecule has 0 amide bonds. The summed E-state index contributed by atoms with van der Waals surface area (Å²) in [6.45, 7) is 3.99. The van der Waals surface area contributed by atoms with Crippen molar-refractivity contribution in [2.75, 3.05) is 7.05 Å². The molecule has 2 N–H and O–H groups in total. The molecule has 0 fully saturated rings. The number of para-hydroxylation sites is 1. The van der Waals surface area contributed by atoms with Crippen molar-refractivity contribution in [1.82, 2.24) is 9.55 Å². The second-order valence-corrected chi connectivity index (χ2v) is 6.12. The highest BCUT2D eigenvalue weighted by Gasteiger charge is 2.19. The number of benzene rings is 2. The molecule has 1 atom stereocenters. The van der Waals surface area contributed by atoms with E-state index in [1.54, 1.807) is 10.6 Å². The van der Waals surface area contributed by atoms with Gasteiger partial charge in [-0.3, -0.25) is 9.36 Å². The third-order valence-electron chi connectivity index (χ3n) is 4.11. The van der Waals surface area contributed by atoms with Crippen LogP contribution < -0.4 is 10.9 Å². The molecule has 0 aliphatic rings. The second kappa shape index (κ2) is 6.14. The van der Waals surface area contributed by atoms with E-state index in [-0.39, 0.29) is 11.6 Å². The van der Waals surface area contributed by atoms with E-state index in [0.717, 1.165) is 22.6 Å². The predicted molar refractivity (Wildman–Crippen MR) is 93.4 cm³/mol. The molecule has 2 aromatic carbocycles. The van der Waals surface area contributed by atoms with Crippen LogP contribution in [0.25, 0.3) is 16.6 Å². The third-order valence-corrected chi connectivity index (χ3v) is 4.34. The minimum absolute atomic E-state index is 0.0512. The third kappa shape index (κ3) is 2.76. The average Bonchev–Trinajstić information content (AvgIpc) is 2.55. The fourth-order valence-electron chi connectivity index (χ4n) is 2.71. The van der Waals surface area contributed by atoms with Crippen LogP contribution in [0, 0.1) is 6.92 Å². The second-order valence-electron chi connectivity index (χ2n) is 5.68. The first kappa shape index (κ1) is 15.7.